The van der Waals surface area contributed by atoms with Crippen molar-refractivity contribution in [3.05, 3.63) is 65.0 Å². The molecule has 0 saturated carbocycles. The molecule has 1 fully saturated rings. The van der Waals surface area contributed by atoms with Crippen molar-refractivity contribution < 1.29 is 9.59 Å². The molecule has 1 aliphatic rings. The van der Waals surface area contributed by atoms with Gasteiger partial charge in [-0.25, -0.2) is 0 Å². The second-order valence-corrected chi connectivity index (χ2v) is 7.60. The zero-order valence-electron chi connectivity index (χ0n) is 16.5. The summed E-state index contributed by atoms with van der Waals surface area (Å²) in [7, 11) is 0. The molecule has 3 rings (SSSR count). The number of primary amides is 1. The van der Waals surface area contributed by atoms with Crippen LogP contribution in [0.3, 0.4) is 0 Å². The van der Waals surface area contributed by atoms with Crippen molar-refractivity contribution >= 4 is 11.8 Å². The molecule has 28 heavy (non-hydrogen) atoms. The quantitative estimate of drug-likeness (QED) is 0.769. The van der Waals surface area contributed by atoms with Gasteiger partial charge in [0.1, 0.15) is 12.1 Å². The number of nitrogens with one attached hydrogen (secondary N) is 1. The molecule has 1 aromatic carbocycles. The van der Waals surface area contributed by atoms with Crippen molar-refractivity contribution in [1.29, 1.82) is 0 Å². The van der Waals surface area contributed by atoms with Gasteiger partial charge in [-0.3, -0.25) is 19.5 Å². The molecule has 0 bridgehead atoms. The number of nitrogens with two attached hydrogens (primary N) is 1. The topological polar surface area (TPSA) is 88.3 Å². The van der Waals surface area contributed by atoms with Gasteiger partial charge in [0, 0.05) is 18.8 Å². The van der Waals surface area contributed by atoms with Crippen LogP contribution in [0.5, 0.6) is 0 Å². The van der Waals surface area contributed by atoms with E-state index in [1.807, 2.05) is 38.1 Å². The summed E-state index contributed by atoms with van der Waals surface area (Å²) in [5, 5.41) is 2.90. The van der Waals surface area contributed by atoms with E-state index >= 15 is 0 Å². The molecule has 1 aromatic heterocycles. The molecular weight excluding hydrogens is 352 g/mol. The van der Waals surface area contributed by atoms with E-state index in [9.17, 15) is 9.59 Å². The van der Waals surface area contributed by atoms with Crippen molar-refractivity contribution in [3.63, 3.8) is 0 Å². The van der Waals surface area contributed by atoms with Gasteiger partial charge in [-0.1, -0.05) is 35.4 Å². The Morgan fingerprint density at radius 2 is 1.86 bits per heavy atom. The van der Waals surface area contributed by atoms with Gasteiger partial charge in [-0.15, -0.1) is 0 Å². The number of carbonyl (C=O) groups is 2. The molecule has 0 aliphatic carbocycles. The predicted molar refractivity (Wildman–Crippen MR) is 109 cm³/mol. The van der Waals surface area contributed by atoms with E-state index in [1.54, 1.807) is 12.4 Å². The minimum atomic E-state index is -0.754. The molecule has 2 heterocycles. The number of carbonyl (C=O) groups excluding carboxylic acids is 2. The largest absolute Gasteiger partial charge is 0.368 e. The Bertz CT molecular complexity index is 811. The number of amides is 2. The molecule has 2 atom stereocenters. The van der Waals surface area contributed by atoms with E-state index in [0.29, 0.717) is 6.42 Å². The van der Waals surface area contributed by atoms with Gasteiger partial charge < -0.3 is 11.1 Å². The van der Waals surface area contributed by atoms with Crippen molar-refractivity contribution in [2.24, 2.45) is 5.73 Å². The lowest BCUT2D eigenvalue weighted by molar-refractivity contribution is -0.130. The highest BCUT2D eigenvalue weighted by Gasteiger charge is 2.32. The first-order chi connectivity index (χ1) is 13.4. The van der Waals surface area contributed by atoms with Gasteiger partial charge in [0.2, 0.25) is 11.8 Å². The van der Waals surface area contributed by atoms with Crippen LogP contribution in [0.2, 0.25) is 0 Å². The Hall–Kier alpha value is -2.73. The van der Waals surface area contributed by atoms with Crippen LogP contribution in [0.25, 0.3) is 0 Å². The Morgan fingerprint density at radius 1 is 1.18 bits per heavy atom. The maximum absolute atomic E-state index is 13.2. The number of likely N-dealkylation sites (tertiary alicyclic amines) is 1. The van der Waals surface area contributed by atoms with Gasteiger partial charge in [0.25, 0.3) is 0 Å². The zero-order chi connectivity index (χ0) is 20.1. The lowest BCUT2D eigenvalue weighted by Crippen LogP contribution is -2.50. The molecule has 2 amide bonds. The number of pyridine rings is 1. The maximum atomic E-state index is 13.2. The van der Waals surface area contributed by atoms with Gasteiger partial charge in [-0.05, 0) is 57.0 Å². The minimum absolute atomic E-state index is 0.205. The second-order valence-electron chi connectivity index (χ2n) is 7.60. The molecule has 0 spiro atoms. The third kappa shape index (κ3) is 4.95. The molecule has 0 radical (unpaired) electrons. The van der Waals surface area contributed by atoms with E-state index in [1.165, 1.54) is 0 Å². The van der Waals surface area contributed by atoms with Crippen molar-refractivity contribution in [1.82, 2.24) is 15.2 Å². The Morgan fingerprint density at radius 3 is 2.43 bits per heavy atom. The summed E-state index contributed by atoms with van der Waals surface area (Å²) in [5.41, 5.74) is 9.68. The normalized spacial score (nSPS) is 16.5. The molecule has 148 valence electrons. The van der Waals surface area contributed by atoms with Crippen LogP contribution in [0, 0.1) is 13.8 Å². The standard InChI is InChI=1S/C22H28N4O2/c1-15-10-16(2)12-17(11-15)13-19(21(23)27)25-22(28)20(26-8-3-4-9-26)18-6-5-7-24-14-18/h5-7,10-12,14,19-20H,3-4,8-9,13H2,1-2H3,(H2,23,27)(H,25,28)/t19-,20+/m0/s1. The molecule has 6 nitrogen and oxygen atoms in total. The first-order valence-corrected chi connectivity index (χ1v) is 9.75. The van der Waals surface area contributed by atoms with Crippen LogP contribution in [0.15, 0.2) is 42.7 Å². The Kier molecular flexibility index (Phi) is 6.41. The lowest BCUT2D eigenvalue weighted by atomic mass is 10.00. The van der Waals surface area contributed by atoms with Crippen molar-refractivity contribution in [3.8, 4) is 0 Å². The molecule has 3 N–H and O–H groups in total. The highest BCUT2D eigenvalue weighted by atomic mass is 16.2. The fourth-order valence-corrected chi connectivity index (χ4v) is 3.96. The number of aromatic nitrogens is 1. The van der Waals surface area contributed by atoms with Gasteiger partial charge in [-0.2, -0.15) is 0 Å². The van der Waals surface area contributed by atoms with E-state index in [4.69, 9.17) is 5.73 Å². The average Bonchev–Trinajstić information content (AvgIpc) is 3.15. The minimum Gasteiger partial charge on any atom is -0.368 e. The first-order valence-electron chi connectivity index (χ1n) is 9.75. The summed E-state index contributed by atoms with van der Waals surface area (Å²) in [5.74, 6) is -0.734. The van der Waals surface area contributed by atoms with Gasteiger partial charge >= 0.3 is 0 Å². The monoisotopic (exact) mass is 380 g/mol. The van der Waals surface area contributed by atoms with Crippen LogP contribution in [-0.4, -0.2) is 40.8 Å². The third-order valence-corrected chi connectivity index (χ3v) is 5.14. The summed E-state index contributed by atoms with van der Waals surface area (Å²) in [6.45, 7) is 5.73. The fourth-order valence-electron chi connectivity index (χ4n) is 3.96. The third-order valence-electron chi connectivity index (χ3n) is 5.14. The number of rotatable bonds is 7. The van der Waals surface area contributed by atoms with Crippen molar-refractivity contribution in [2.45, 2.75) is 45.2 Å². The van der Waals surface area contributed by atoms with Crippen LogP contribution in [0.1, 0.15) is 41.1 Å². The molecule has 0 unspecified atom stereocenters. The van der Waals surface area contributed by atoms with Crippen molar-refractivity contribution in [2.75, 3.05) is 13.1 Å². The van der Waals surface area contributed by atoms with E-state index < -0.39 is 18.0 Å². The van der Waals surface area contributed by atoms with E-state index in [0.717, 1.165) is 48.2 Å². The number of hydrogen-bond acceptors (Lipinski definition) is 4. The van der Waals surface area contributed by atoms with Crippen LogP contribution >= 0.6 is 0 Å². The summed E-state index contributed by atoms with van der Waals surface area (Å²) in [6, 6.07) is 8.63. The smallest absolute Gasteiger partial charge is 0.242 e. The fraction of sp³-hybridized carbons (Fsp3) is 0.409. The summed E-state index contributed by atoms with van der Waals surface area (Å²) in [6.07, 6.45) is 5.90. The number of hydrogen-bond donors (Lipinski definition) is 2. The number of aryl methyl sites for hydroxylation is 2. The predicted octanol–water partition coefficient (Wildman–Crippen LogP) is 2.05. The second kappa shape index (κ2) is 8.97. The Labute approximate surface area is 166 Å². The molecule has 1 aliphatic heterocycles. The van der Waals surface area contributed by atoms with Crippen LogP contribution < -0.4 is 11.1 Å². The molecule has 6 heteroatoms. The number of nitrogens with zero attached hydrogens (tertiary/aromatic N) is 2. The zero-order valence-corrected chi connectivity index (χ0v) is 16.5. The van der Waals surface area contributed by atoms with E-state index in [2.05, 4.69) is 21.3 Å². The van der Waals surface area contributed by atoms with E-state index in [-0.39, 0.29) is 5.91 Å². The lowest BCUT2D eigenvalue weighted by Gasteiger charge is -2.28. The highest BCUT2D eigenvalue weighted by Crippen LogP contribution is 2.25. The summed E-state index contributed by atoms with van der Waals surface area (Å²) < 4.78 is 0. The SMILES string of the molecule is Cc1cc(C)cc(C[C@H](NC(=O)[C@@H](c2cccnc2)N2CCCC2)C(N)=O)c1. The summed E-state index contributed by atoms with van der Waals surface area (Å²) >= 11 is 0. The van der Waals surface area contributed by atoms with Crippen LogP contribution in [0.4, 0.5) is 0 Å². The van der Waals surface area contributed by atoms with Crippen LogP contribution in [-0.2, 0) is 16.0 Å². The first kappa shape index (κ1) is 20.0. The maximum Gasteiger partial charge on any atom is 0.242 e. The number of benzene rings is 1. The molecule has 1 saturated heterocycles. The summed E-state index contributed by atoms with van der Waals surface area (Å²) in [4.78, 5) is 31.6. The van der Waals surface area contributed by atoms with Gasteiger partial charge in [0.15, 0.2) is 0 Å². The van der Waals surface area contributed by atoms with Gasteiger partial charge in [0.05, 0.1) is 0 Å². The highest BCUT2D eigenvalue weighted by molar-refractivity contribution is 5.89. The Balaban J connectivity index is 1.80. The molecule has 2 aromatic rings. The average molecular weight is 380 g/mol. The molecular formula is C22H28N4O2.